The zero-order chi connectivity index (χ0) is 23.9. The van der Waals surface area contributed by atoms with Crippen LogP contribution in [0.5, 0.6) is 17.4 Å². The third-order valence-electron chi connectivity index (χ3n) is 5.78. The molecule has 0 aliphatic heterocycles. The summed E-state index contributed by atoms with van der Waals surface area (Å²) < 4.78 is 19.1. The third kappa shape index (κ3) is 5.78. The molecule has 0 saturated heterocycles. The van der Waals surface area contributed by atoms with Gasteiger partial charge in [-0.3, -0.25) is 4.90 Å². The Morgan fingerprint density at radius 3 is 2.53 bits per heavy atom. The number of hydrogen-bond donors (Lipinski definition) is 1. The maximum Gasteiger partial charge on any atom is 0.227 e. The lowest BCUT2D eigenvalue weighted by Crippen LogP contribution is -2.36. The van der Waals surface area contributed by atoms with E-state index >= 15 is 0 Å². The molecule has 3 aromatic rings. The van der Waals surface area contributed by atoms with E-state index in [1.807, 2.05) is 66.2 Å². The number of ether oxygens (including phenoxy) is 3. The molecule has 178 valence electrons. The van der Waals surface area contributed by atoms with Gasteiger partial charge in [0, 0.05) is 19.1 Å². The van der Waals surface area contributed by atoms with Crippen molar-refractivity contribution in [2.45, 2.75) is 38.5 Å². The van der Waals surface area contributed by atoms with E-state index in [2.05, 4.69) is 10.8 Å². The fourth-order valence-corrected chi connectivity index (χ4v) is 3.94. The molecule has 7 heteroatoms. The molecule has 0 amide bonds. The van der Waals surface area contributed by atoms with Crippen LogP contribution in [-0.2, 0) is 11.3 Å². The van der Waals surface area contributed by atoms with Crippen LogP contribution in [0.4, 0.5) is 0 Å². The first-order valence-electron chi connectivity index (χ1n) is 11.5. The quantitative estimate of drug-likeness (QED) is 0.325. The zero-order valence-electron chi connectivity index (χ0n) is 19.7. The SMILES string of the molecule is C#CCOCC(O)CN(Cc1c(C)nn(-c2ccccc2)c1Oc1ccccc1OC)C1CC1. The van der Waals surface area contributed by atoms with Gasteiger partial charge in [-0.15, -0.1) is 6.42 Å². The van der Waals surface area contributed by atoms with Crippen molar-refractivity contribution in [3.05, 3.63) is 65.9 Å². The fraction of sp³-hybridized carbons (Fsp3) is 0.370. The first kappa shape index (κ1) is 23.8. The second kappa shape index (κ2) is 11.2. The molecule has 34 heavy (non-hydrogen) atoms. The summed E-state index contributed by atoms with van der Waals surface area (Å²) >= 11 is 0. The Balaban J connectivity index is 1.66. The highest BCUT2D eigenvalue weighted by Gasteiger charge is 2.32. The van der Waals surface area contributed by atoms with Crippen LogP contribution >= 0.6 is 0 Å². The summed E-state index contributed by atoms with van der Waals surface area (Å²) in [6.45, 7) is 3.47. The number of benzene rings is 2. The van der Waals surface area contributed by atoms with Crippen LogP contribution in [0.1, 0.15) is 24.1 Å². The summed E-state index contributed by atoms with van der Waals surface area (Å²) in [5.41, 5.74) is 2.75. The van der Waals surface area contributed by atoms with Crippen molar-refractivity contribution in [3.8, 4) is 35.4 Å². The van der Waals surface area contributed by atoms with Crippen LogP contribution in [0.2, 0.25) is 0 Å². The largest absolute Gasteiger partial charge is 0.493 e. The number of nitrogens with zero attached hydrogens (tertiary/aromatic N) is 3. The number of methoxy groups -OCH3 is 1. The molecule has 0 spiro atoms. The van der Waals surface area contributed by atoms with Gasteiger partial charge in [0.2, 0.25) is 5.88 Å². The highest BCUT2D eigenvalue weighted by atomic mass is 16.5. The molecular formula is C27H31N3O4. The van der Waals surface area contributed by atoms with Gasteiger partial charge in [-0.05, 0) is 44.0 Å². The lowest BCUT2D eigenvalue weighted by molar-refractivity contribution is 0.0240. The van der Waals surface area contributed by atoms with Gasteiger partial charge in [-0.2, -0.15) is 5.10 Å². The number of aliphatic hydroxyl groups is 1. The molecule has 0 radical (unpaired) electrons. The predicted molar refractivity (Wildman–Crippen MR) is 130 cm³/mol. The number of terminal acetylenes is 1. The van der Waals surface area contributed by atoms with Gasteiger partial charge in [-0.1, -0.05) is 36.3 Å². The molecule has 0 bridgehead atoms. The van der Waals surface area contributed by atoms with Crippen molar-refractivity contribution in [2.24, 2.45) is 0 Å². The minimum Gasteiger partial charge on any atom is -0.493 e. The van der Waals surface area contributed by atoms with E-state index in [4.69, 9.17) is 25.7 Å². The van der Waals surface area contributed by atoms with E-state index in [9.17, 15) is 5.11 Å². The van der Waals surface area contributed by atoms with Crippen molar-refractivity contribution in [3.63, 3.8) is 0 Å². The van der Waals surface area contributed by atoms with Gasteiger partial charge in [-0.25, -0.2) is 4.68 Å². The maximum absolute atomic E-state index is 10.5. The summed E-state index contributed by atoms with van der Waals surface area (Å²) in [7, 11) is 1.63. The van der Waals surface area contributed by atoms with E-state index in [-0.39, 0.29) is 13.2 Å². The molecule has 1 atom stereocenters. The van der Waals surface area contributed by atoms with Crippen molar-refractivity contribution < 1.29 is 19.3 Å². The van der Waals surface area contributed by atoms with Crippen LogP contribution in [0, 0.1) is 19.3 Å². The minimum atomic E-state index is -0.628. The molecule has 1 fully saturated rings. The van der Waals surface area contributed by atoms with E-state index in [0.717, 1.165) is 29.8 Å². The summed E-state index contributed by atoms with van der Waals surface area (Å²) in [6, 6.07) is 17.9. The summed E-state index contributed by atoms with van der Waals surface area (Å²) in [5.74, 6) is 4.33. The number of aliphatic hydroxyl groups excluding tert-OH is 1. The van der Waals surface area contributed by atoms with Crippen LogP contribution in [0.25, 0.3) is 5.69 Å². The standard InChI is InChI=1S/C27H31N3O4/c1-4-16-33-19-23(31)17-29(21-14-15-21)18-24-20(2)28-30(22-10-6-5-7-11-22)27(24)34-26-13-9-8-12-25(26)32-3/h1,5-13,21,23,31H,14-19H2,2-3H3. The van der Waals surface area contributed by atoms with Crippen LogP contribution in [0.15, 0.2) is 54.6 Å². The monoisotopic (exact) mass is 461 g/mol. The highest BCUT2D eigenvalue weighted by molar-refractivity contribution is 5.47. The van der Waals surface area contributed by atoms with Gasteiger partial charge in [0.1, 0.15) is 6.61 Å². The van der Waals surface area contributed by atoms with Crippen LogP contribution < -0.4 is 9.47 Å². The molecule has 7 nitrogen and oxygen atoms in total. The molecule has 1 aromatic heterocycles. The Kier molecular flexibility index (Phi) is 7.86. The van der Waals surface area contributed by atoms with Gasteiger partial charge in [0.15, 0.2) is 11.5 Å². The molecule has 1 aliphatic carbocycles. The predicted octanol–water partition coefficient (Wildman–Crippen LogP) is 3.96. The van der Waals surface area contributed by atoms with Gasteiger partial charge in [0.05, 0.1) is 36.8 Å². The van der Waals surface area contributed by atoms with Gasteiger partial charge < -0.3 is 19.3 Å². The number of hydrogen-bond acceptors (Lipinski definition) is 6. The molecular weight excluding hydrogens is 430 g/mol. The molecule has 1 N–H and O–H groups in total. The first-order chi connectivity index (χ1) is 16.6. The first-order valence-corrected chi connectivity index (χ1v) is 11.5. The minimum absolute atomic E-state index is 0.195. The summed E-state index contributed by atoms with van der Waals surface area (Å²) in [5, 5.41) is 15.3. The van der Waals surface area contributed by atoms with Gasteiger partial charge in [0.25, 0.3) is 0 Å². The lowest BCUT2D eigenvalue weighted by atomic mass is 10.2. The van der Waals surface area contributed by atoms with E-state index < -0.39 is 6.10 Å². The normalized spacial score (nSPS) is 14.1. The Morgan fingerprint density at radius 1 is 1.15 bits per heavy atom. The third-order valence-corrected chi connectivity index (χ3v) is 5.78. The average Bonchev–Trinajstić information content (AvgIpc) is 3.66. The smallest absolute Gasteiger partial charge is 0.227 e. The molecule has 2 aromatic carbocycles. The second-order valence-corrected chi connectivity index (χ2v) is 8.40. The molecule has 1 saturated carbocycles. The fourth-order valence-electron chi connectivity index (χ4n) is 3.94. The zero-order valence-corrected chi connectivity index (χ0v) is 19.7. The van der Waals surface area contributed by atoms with E-state index in [1.54, 1.807) is 7.11 Å². The second-order valence-electron chi connectivity index (χ2n) is 8.40. The number of para-hydroxylation sites is 3. The van der Waals surface area contributed by atoms with Crippen molar-refractivity contribution in [2.75, 3.05) is 26.9 Å². The topological polar surface area (TPSA) is 69.0 Å². The van der Waals surface area contributed by atoms with Crippen LogP contribution in [0.3, 0.4) is 0 Å². The molecule has 1 heterocycles. The molecule has 1 aliphatic rings. The summed E-state index contributed by atoms with van der Waals surface area (Å²) in [4.78, 5) is 2.28. The van der Waals surface area contributed by atoms with Gasteiger partial charge >= 0.3 is 0 Å². The number of aryl methyl sites for hydroxylation is 1. The Morgan fingerprint density at radius 2 is 1.85 bits per heavy atom. The van der Waals surface area contributed by atoms with Crippen molar-refractivity contribution in [1.29, 1.82) is 0 Å². The summed E-state index contributed by atoms with van der Waals surface area (Å²) in [6.07, 6.45) is 6.82. The average molecular weight is 462 g/mol. The Bertz CT molecular complexity index is 1120. The number of rotatable bonds is 12. The van der Waals surface area contributed by atoms with E-state index in [0.29, 0.717) is 36.5 Å². The maximum atomic E-state index is 10.5. The van der Waals surface area contributed by atoms with Crippen LogP contribution in [-0.4, -0.2) is 58.8 Å². The molecule has 4 rings (SSSR count). The van der Waals surface area contributed by atoms with Crippen molar-refractivity contribution >= 4 is 0 Å². The van der Waals surface area contributed by atoms with E-state index in [1.165, 1.54) is 0 Å². The Hall–Kier alpha value is -3.31. The lowest BCUT2D eigenvalue weighted by Gasteiger charge is -2.25. The number of aromatic nitrogens is 2. The Labute approximate surface area is 200 Å². The van der Waals surface area contributed by atoms with Crippen molar-refractivity contribution in [1.82, 2.24) is 14.7 Å². The highest BCUT2D eigenvalue weighted by Crippen LogP contribution is 2.37. The molecule has 1 unspecified atom stereocenters.